The van der Waals surface area contributed by atoms with Crippen LogP contribution in [-0.2, 0) is 9.53 Å². The molecule has 7 nitrogen and oxygen atoms in total. The molecule has 0 atom stereocenters. The van der Waals surface area contributed by atoms with Crippen molar-refractivity contribution in [3.05, 3.63) is 67.3 Å². The topological polar surface area (TPSA) is 102 Å². The number of carbonyl (C=O) groups is 1. The first-order valence-corrected chi connectivity index (χ1v) is 8.38. The number of nitriles is 1. The van der Waals surface area contributed by atoms with Crippen molar-refractivity contribution < 1.29 is 19.2 Å². The Morgan fingerprint density at radius 2 is 2.00 bits per heavy atom. The fourth-order valence-electron chi connectivity index (χ4n) is 2.03. The number of hydrogen-bond acceptors (Lipinski definition) is 6. The van der Waals surface area contributed by atoms with Crippen molar-refractivity contribution in [2.24, 2.45) is 0 Å². The Hall–Kier alpha value is -2.93. The van der Waals surface area contributed by atoms with Crippen molar-refractivity contribution >= 4 is 45.9 Å². The Balaban J connectivity index is 2.23. The third-order valence-electron chi connectivity index (χ3n) is 3.35. The molecule has 0 saturated carbocycles. The van der Waals surface area contributed by atoms with Gasteiger partial charge in [-0.1, -0.05) is 6.07 Å². The third kappa shape index (κ3) is 5.03. The molecule has 0 saturated heterocycles. The first kappa shape index (κ1) is 19.4. The number of methoxy groups -OCH3 is 1. The lowest BCUT2D eigenvalue weighted by Gasteiger charge is -2.08. The van der Waals surface area contributed by atoms with Crippen LogP contribution in [0.25, 0.3) is 11.6 Å². The molecule has 0 aliphatic rings. The number of allylic oxidation sites excluding steroid dienone is 1. The molecule has 0 unspecified atom stereocenters. The summed E-state index contributed by atoms with van der Waals surface area (Å²) in [7, 11) is 1.28. The zero-order chi connectivity index (χ0) is 19.1. The Bertz CT molecular complexity index is 901. The molecule has 2 aromatic rings. The number of non-ortho nitro benzene ring substituents is 1. The van der Waals surface area contributed by atoms with Gasteiger partial charge >= 0.3 is 5.97 Å². The SMILES string of the molecule is COC(=O)COc1ccc(/C=C(/C#N)c2ccc([N+](=O)[O-])cc2)cc1I. The third-order valence-corrected chi connectivity index (χ3v) is 4.19. The highest BCUT2D eigenvalue weighted by atomic mass is 127. The Morgan fingerprint density at radius 3 is 2.54 bits per heavy atom. The number of halogens is 1. The van der Waals surface area contributed by atoms with Gasteiger partial charge in [-0.25, -0.2) is 4.79 Å². The fourth-order valence-corrected chi connectivity index (χ4v) is 2.72. The highest BCUT2D eigenvalue weighted by molar-refractivity contribution is 14.1. The highest BCUT2D eigenvalue weighted by Crippen LogP contribution is 2.25. The monoisotopic (exact) mass is 464 g/mol. The summed E-state index contributed by atoms with van der Waals surface area (Å²) in [5.74, 6) is 0.0525. The molecule has 0 aromatic heterocycles. The maximum Gasteiger partial charge on any atom is 0.343 e. The molecule has 0 fully saturated rings. The van der Waals surface area contributed by atoms with Crippen LogP contribution in [0, 0.1) is 25.0 Å². The van der Waals surface area contributed by atoms with E-state index in [0.29, 0.717) is 16.9 Å². The second-order valence-electron chi connectivity index (χ2n) is 5.03. The molecule has 0 N–H and O–H groups in total. The molecule has 2 aromatic carbocycles. The van der Waals surface area contributed by atoms with Crippen LogP contribution in [0.1, 0.15) is 11.1 Å². The number of nitrogens with zero attached hydrogens (tertiary/aromatic N) is 2. The number of nitro benzene ring substituents is 1. The molecule has 2 rings (SSSR count). The smallest absolute Gasteiger partial charge is 0.343 e. The number of ether oxygens (including phenoxy) is 2. The molecular weight excluding hydrogens is 451 g/mol. The van der Waals surface area contributed by atoms with Gasteiger partial charge in [0.25, 0.3) is 5.69 Å². The van der Waals surface area contributed by atoms with Crippen LogP contribution >= 0.6 is 22.6 Å². The molecular formula is C18H13IN2O5. The van der Waals surface area contributed by atoms with Crippen LogP contribution in [0.4, 0.5) is 5.69 Å². The summed E-state index contributed by atoms with van der Waals surface area (Å²) in [4.78, 5) is 21.4. The van der Waals surface area contributed by atoms with Gasteiger partial charge in [0.1, 0.15) is 5.75 Å². The second-order valence-corrected chi connectivity index (χ2v) is 6.19. The minimum absolute atomic E-state index is 0.0345. The van der Waals surface area contributed by atoms with Gasteiger partial charge in [-0.2, -0.15) is 5.26 Å². The lowest BCUT2D eigenvalue weighted by atomic mass is 10.0. The molecule has 0 heterocycles. The van der Waals surface area contributed by atoms with E-state index in [2.05, 4.69) is 33.4 Å². The Morgan fingerprint density at radius 1 is 1.31 bits per heavy atom. The zero-order valence-corrected chi connectivity index (χ0v) is 15.8. The molecule has 0 spiro atoms. The van der Waals surface area contributed by atoms with Gasteiger partial charge in [-0.3, -0.25) is 10.1 Å². The van der Waals surface area contributed by atoms with Gasteiger partial charge < -0.3 is 9.47 Å². The minimum Gasteiger partial charge on any atom is -0.481 e. The number of benzene rings is 2. The second kappa shape index (κ2) is 8.96. The highest BCUT2D eigenvalue weighted by Gasteiger charge is 2.09. The number of rotatable bonds is 6. The quantitative estimate of drug-likeness (QED) is 0.161. The van der Waals surface area contributed by atoms with Gasteiger partial charge in [-0.05, 0) is 64.1 Å². The summed E-state index contributed by atoms with van der Waals surface area (Å²) in [5.41, 5.74) is 1.68. The van der Waals surface area contributed by atoms with E-state index in [-0.39, 0.29) is 12.3 Å². The number of nitro groups is 1. The number of carbonyl (C=O) groups excluding carboxylic acids is 1. The van der Waals surface area contributed by atoms with Crippen LogP contribution in [0.3, 0.4) is 0 Å². The maximum atomic E-state index is 11.1. The molecule has 0 amide bonds. The van der Waals surface area contributed by atoms with Crippen molar-refractivity contribution in [1.29, 1.82) is 5.26 Å². The van der Waals surface area contributed by atoms with E-state index >= 15 is 0 Å². The maximum absolute atomic E-state index is 11.1. The molecule has 8 heteroatoms. The van der Waals surface area contributed by atoms with E-state index in [4.69, 9.17) is 4.74 Å². The van der Waals surface area contributed by atoms with Crippen LogP contribution in [0.5, 0.6) is 5.75 Å². The molecule has 0 bridgehead atoms. The van der Waals surface area contributed by atoms with Crippen molar-refractivity contribution in [3.63, 3.8) is 0 Å². The van der Waals surface area contributed by atoms with Gasteiger partial charge in [0.15, 0.2) is 6.61 Å². The number of esters is 1. The zero-order valence-electron chi connectivity index (χ0n) is 13.6. The fraction of sp³-hybridized carbons (Fsp3) is 0.111. The molecule has 0 radical (unpaired) electrons. The van der Waals surface area contributed by atoms with Crippen LogP contribution < -0.4 is 4.74 Å². The van der Waals surface area contributed by atoms with Crippen LogP contribution in [-0.4, -0.2) is 24.6 Å². The summed E-state index contributed by atoms with van der Waals surface area (Å²) in [6.45, 7) is -0.187. The van der Waals surface area contributed by atoms with Crippen LogP contribution in [0.2, 0.25) is 0 Å². The predicted molar refractivity (Wildman–Crippen MR) is 103 cm³/mol. The van der Waals surface area contributed by atoms with Crippen molar-refractivity contribution in [1.82, 2.24) is 0 Å². The van der Waals surface area contributed by atoms with E-state index < -0.39 is 10.9 Å². The van der Waals surface area contributed by atoms with Gasteiger partial charge in [0.2, 0.25) is 0 Å². The predicted octanol–water partition coefficient (Wildman–Crippen LogP) is 3.82. The Labute approximate surface area is 163 Å². The van der Waals surface area contributed by atoms with E-state index in [1.807, 2.05) is 0 Å². The van der Waals surface area contributed by atoms with Crippen LogP contribution in [0.15, 0.2) is 42.5 Å². The standard InChI is InChI=1S/C18H13IN2O5/c1-25-18(22)11-26-17-7-2-12(9-16(17)19)8-14(10-20)13-3-5-15(6-4-13)21(23)24/h2-9H,11H2,1H3/b14-8-. The van der Waals surface area contributed by atoms with Gasteiger partial charge in [0.05, 0.1) is 27.2 Å². The molecule has 0 aliphatic heterocycles. The summed E-state index contributed by atoms with van der Waals surface area (Å²) >= 11 is 2.07. The first-order valence-electron chi connectivity index (χ1n) is 7.30. The van der Waals surface area contributed by atoms with E-state index in [1.54, 1.807) is 24.3 Å². The summed E-state index contributed by atoms with van der Waals surface area (Å²) in [6, 6.07) is 13.1. The Kier molecular flexibility index (Phi) is 6.68. The van der Waals surface area contributed by atoms with Crippen molar-refractivity contribution in [2.45, 2.75) is 0 Å². The molecule has 132 valence electrons. The minimum atomic E-state index is -0.491. The average Bonchev–Trinajstić information content (AvgIpc) is 2.65. The van der Waals surface area contributed by atoms with Crippen molar-refractivity contribution in [3.8, 4) is 11.8 Å². The largest absolute Gasteiger partial charge is 0.481 e. The number of hydrogen-bond donors (Lipinski definition) is 0. The van der Waals surface area contributed by atoms with E-state index in [0.717, 1.165) is 9.13 Å². The molecule has 0 aliphatic carbocycles. The normalized spacial score (nSPS) is 10.7. The van der Waals surface area contributed by atoms with Gasteiger partial charge in [-0.15, -0.1) is 0 Å². The lowest BCUT2D eigenvalue weighted by Crippen LogP contribution is -2.13. The molecule has 26 heavy (non-hydrogen) atoms. The van der Waals surface area contributed by atoms with E-state index in [9.17, 15) is 20.2 Å². The lowest BCUT2D eigenvalue weighted by molar-refractivity contribution is -0.384. The first-order chi connectivity index (χ1) is 12.4. The van der Waals surface area contributed by atoms with E-state index in [1.165, 1.54) is 31.4 Å². The summed E-state index contributed by atoms with van der Waals surface area (Å²) in [6.07, 6.45) is 1.67. The van der Waals surface area contributed by atoms with Gasteiger partial charge in [0, 0.05) is 12.1 Å². The van der Waals surface area contributed by atoms with Crippen molar-refractivity contribution in [2.75, 3.05) is 13.7 Å². The average molecular weight is 464 g/mol. The summed E-state index contributed by atoms with van der Waals surface area (Å²) in [5, 5.41) is 20.1. The summed E-state index contributed by atoms with van der Waals surface area (Å²) < 4.78 is 10.7.